The predicted octanol–water partition coefficient (Wildman–Crippen LogP) is 3.94. The number of unbranched alkanes of at least 4 members (excludes halogenated alkanes) is 1. The minimum absolute atomic E-state index is 0.312. The molecule has 0 radical (unpaired) electrons. The molecule has 1 aromatic heterocycles. The van der Waals surface area contributed by atoms with Crippen molar-refractivity contribution in [1.82, 2.24) is 15.1 Å². The maximum Gasteiger partial charge on any atom is 0.0834 e. The molecule has 104 valence electrons. The predicted molar refractivity (Wildman–Crippen MR) is 77.9 cm³/mol. The van der Waals surface area contributed by atoms with E-state index in [0.29, 0.717) is 12.0 Å². The van der Waals surface area contributed by atoms with Crippen LogP contribution >= 0.6 is 11.6 Å². The van der Waals surface area contributed by atoms with Gasteiger partial charge in [0.1, 0.15) is 0 Å². The van der Waals surface area contributed by atoms with E-state index in [1.165, 1.54) is 25.7 Å². The van der Waals surface area contributed by atoms with Crippen molar-refractivity contribution in [1.29, 1.82) is 0 Å². The van der Waals surface area contributed by atoms with E-state index in [1.807, 2.05) is 11.7 Å². The van der Waals surface area contributed by atoms with Gasteiger partial charge in [-0.2, -0.15) is 5.10 Å². The quantitative estimate of drug-likeness (QED) is 0.776. The van der Waals surface area contributed by atoms with Crippen LogP contribution in [0.15, 0.2) is 6.20 Å². The van der Waals surface area contributed by atoms with Gasteiger partial charge >= 0.3 is 0 Å². The lowest BCUT2D eigenvalue weighted by Gasteiger charge is -2.27. The molecule has 2 atom stereocenters. The first-order valence-corrected chi connectivity index (χ1v) is 7.44. The lowest BCUT2D eigenvalue weighted by molar-refractivity contribution is 0.315. The molecular weight excluding hydrogens is 246 g/mol. The smallest absolute Gasteiger partial charge is 0.0834 e. The van der Waals surface area contributed by atoms with E-state index in [2.05, 4.69) is 31.2 Å². The van der Waals surface area contributed by atoms with Gasteiger partial charge in [-0.25, -0.2) is 0 Å². The van der Waals surface area contributed by atoms with Crippen LogP contribution in [-0.2, 0) is 7.05 Å². The first-order chi connectivity index (χ1) is 8.65. The van der Waals surface area contributed by atoms with E-state index in [9.17, 15) is 0 Å². The zero-order valence-corrected chi connectivity index (χ0v) is 12.8. The van der Waals surface area contributed by atoms with Crippen LogP contribution < -0.4 is 5.32 Å². The van der Waals surface area contributed by atoms with Gasteiger partial charge in [0, 0.05) is 7.05 Å². The molecule has 0 amide bonds. The summed E-state index contributed by atoms with van der Waals surface area (Å²) in [7, 11) is 1.97. The lowest BCUT2D eigenvalue weighted by Crippen LogP contribution is -2.30. The van der Waals surface area contributed by atoms with Crippen LogP contribution in [0.1, 0.15) is 58.2 Å². The molecular formula is C14H26ClN3. The van der Waals surface area contributed by atoms with Crippen LogP contribution in [-0.4, -0.2) is 16.3 Å². The first kappa shape index (κ1) is 15.5. The largest absolute Gasteiger partial charge is 0.309 e. The summed E-state index contributed by atoms with van der Waals surface area (Å²) in [5.74, 6) is 0.623. The Kier molecular flexibility index (Phi) is 6.72. The van der Waals surface area contributed by atoms with Gasteiger partial charge in [0.2, 0.25) is 0 Å². The molecule has 0 aliphatic rings. The molecule has 0 aliphatic heterocycles. The molecule has 0 aliphatic carbocycles. The van der Waals surface area contributed by atoms with Gasteiger partial charge in [0.25, 0.3) is 0 Å². The monoisotopic (exact) mass is 271 g/mol. The van der Waals surface area contributed by atoms with Crippen molar-refractivity contribution in [2.45, 2.75) is 52.5 Å². The van der Waals surface area contributed by atoms with Crippen LogP contribution in [0.2, 0.25) is 5.02 Å². The number of halogens is 1. The maximum atomic E-state index is 6.29. The number of hydrogen-bond donors (Lipinski definition) is 1. The average Bonchev–Trinajstić information content (AvgIpc) is 2.69. The first-order valence-electron chi connectivity index (χ1n) is 7.06. The van der Waals surface area contributed by atoms with Crippen LogP contribution in [0.25, 0.3) is 0 Å². The molecule has 4 heteroatoms. The van der Waals surface area contributed by atoms with Crippen molar-refractivity contribution in [2.75, 3.05) is 6.54 Å². The lowest BCUT2D eigenvalue weighted by atomic mass is 9.89. The fraction of sp³-hybridized carbons (Fsp3) is 0.786. The number of aromatic nitrogens is 2. The van der Waals surface area contributed by atoms with Crippen molar-refractivity contribution < 1.29 is 0 Å². The summed E-state index contributed by atoms with van der Waals surface area (Å²) >= 11 is 6.29. The second kappa shape index (κ2) is 7.80. The number of nitrogens with zero attached hydrogens (tertiary/aromatic N) is 2. The summed E-state index contributed by atoms with van der Waals surface area (Å²) in [5.41, 5.74) is 1.13. The molecule has 0 saturated carbocycles. The Morgan fingerprint density at radius 2 is 2.11 bits per heavy atom. The molecule has 0 spiro atoms. The third kappa shape index (κ3) is 3.72. The molecule has 1 N–H and O–H groups in total. The van der Waals surface area contributed by atoms with Crippen LogP contribution in [0, 0.1) is 5.92 Å². The van der Waals surface area contributed by atoms with Crippen LogP contribution in [0.3, 0.4) is 0 Å². The van der Waals surface area contributed by atoms with Gasteiger partial charge in [-0.05, 0) is 18.9 Å². The van der Waals surface area contributed by atoms with E-state index in [1.54, 1.807) is 6.20 Å². The van der Waals surface area contributed by atoms with Gasteiger partial charge in [0.05, 0.1) is 23.0 Å². The molecule has 1 heterocycles. The Morgan fingerprint density at radius 3 is 2.56 bits per heavy atom. The van der Waals surface area contributed by atoms with Crippen molar-refractivity contribution >= 4 is 11.6 Å². The minimum Gasteiger partial charge on any atom is -0.309 e. The molecule has 18 heavy (non-hydrogen) atoms. The molecule has 2 unspecified atom stereocenters. The third-order valence-electron chi connectivity index (χ3n) is 3.58. The van der Waals surface area contributed by atoms with E-state index >= 15 is 0 Å². The van der Waals surface area contributed by atoms with Crippen LogP contribution in [0.4, 0.5) is 0 Å². The molecule has 0 bridgehead atoms. The normalized spacial score (nSPS) is 14.7. The summed E-state index contributed by atoms with van der Waals surface area (Å²) in [6, 6.07) is 0.312. The summed E-state index contributed by atoms with van der Waals surface area (Å²) < 4.78 is 1.91. The van der Waals surface area contributed by atoms with Gasteiger partial charge in [0.15, 0.2) is 0 Å². The van der Waals surface area contributed by atoms with Gasteiger partial charge in [-0.1, -0.05) is 51.6 Å². The van der Waals surface area contributed by atoms with Crippen molar-refractivity contribution in [3.05, 3.63) is 16.9 Å². The van der Waals surface area contributed by atoms with E-state index < -0.39 is 0 Å². The SMILES string of the molecule is CCCCC(CC)C(NCC)c1c(Cl)cnn1C. The van der Waals surface area contributed by atoms with Crippen molar-refractivity contribution in [3.63, 3.8) is 0 Å². The van der Waals surface area contributed by atoms with E-state index in [-0.39, 0.29) is 0 Å². The Bertz CT molecular complexity index is 329. The topological polar surface area (TPSA) is 29.9 Å². The third-order valence-corrected chi connectivity index (χ3v) is 3.87. The highest BCUT2D eigenvalue weighted by atomic mass is 35.5. The van der Waals surface area contributed by atoms with E-state index in [0.717, 1.165) is 17.3 Å². The number of nitrogens with one attached hydrogen (secondary N) is 1. The highest BCUT2D eigenvalue weighted by molar-refractivity contribution is 6.31. The number of aryl methyl sites for hydroxylation is 1. The molecule has 0 fully saturated rings. The maximum absolute atomic E-state index is 6.29. The summed E-state index contributed by atoms with van der Waals surface area (Å²) in [5, 5.41) is 8.62. The fourth-order valence-electron chi connectivity index (χ4n) is 2.55. The Balaban J connectivity index is 2.92. The molecule has 3 nitrogen and oxygen atoms in total. The fourth-order valence-corrected chi connectivity index (χ4v) is 2.83. The molecule has 1 aromatic rings. The van der Waals surface area contributed by atoms with Gasteiger partial charge in [-0.3, -0.25) is 4.68 Å². The minimum atomic E-state index is 0.312. The second-order valence-electron chi connectivity index (χ2n) is 4.85. The number of rotatable bonds is 8. The van der Waals surface area contributed by atoms with Crippen molar-refractivity contribution in [3.8, 4) is 0 Å². The zero-order chi connectivity index (χ0) is 13.5. The average molecular weight is 272 g/mol. The molecule has 1 rings (SSSR count). The van der Waals surface area contributed by atoms with E-state index in [4.69, 9.17) is 11.6 Å². The Labute approximate surface area is 116 Å². The summed E-state index contributed by atoms with van der Waals surface area (Å²) in [6.45, 7) is 7.60. The van der Waals surface area contributed by atoms with Gasteiger partial charge < -0.3 is 5.32 Å². The molecule has 0 saturated heterocycles. The second-order valence-corrected chi connectivity index (χ2v) is 5.25. The van der Waals surface area contributed by atoms with Crippen LogP contribution in [0.5, 0.6) is 0 Å². The summed E-state index contributed by atoms with van der Waals surface area (Å²) in [6.07, 6.45) is 6.67. The highest BCUT2D eigenvalue weighted by Gasteiger charge is 2.25. The Hall–Kier alpha value is -0.540. The standard InChI is InChI=1S/C14H26ClN3/c1-5-8-9-11(6-2)13(16-7-3)14-12(15)10-17-18(14)4/h10-11,13,16H,5-9H2,1-4H3. The van der Waals surface area contributed by atoms with Crippen molar-refractivity contribution in [2.24, 2.45) is 13.0 Å². The van der Waals surface area contributed by atoms with Gasteiger partial charge in [-0.15, -0.1) is 0 Å². The Morgan fingerprint density at radius 1 is 1.39 bits per heavy atom. The zero-order valence-electron chi connectivity index (χ0n) is 12.0. The number of hydrogen-bond acceptors (Lipinski definition) is 2. The molecule has 0 aromatic carbocycles. The highest BCUT2D eigenvalue weighted by Crippen LogP contribution is 2.32. The summed E-state index contributed by atoms with van der Waals surface area (Å²) in [4.78, 5) is 0.